The maximum Gasteiger partial charge on any atom is 0.302 e. The summed E-state index contributed by atoms with van der Waals surface area (Å²) in [6, 6.07) is 34.4. The van der Waals surface area contributed by atoms with Crippen LogP contribution in [0.15, 0.2) is 116 Å². The smallest absolute Gasteiger partial charge is 0.302 e. The molecule has 0 aromatic heterocycles. The number of ether oxygens (including phenoxy) is 5. The summed E-state index contributed by atoms with van der Waals surface area (Å²) >= 11 is 0. The molecule has 0 bridgehead atoms. The molecule has 4 aromatic rings. The first-order chi connectivity index (χ1) is 24.3. The number of aliphatic hydroxyl groups is 1. The number of esters is 1. The minimum absolute atomic E-state index is 0.0127. The van der Waals surface area contributed by atoms with Gasteiger partial charge in [0.1, 0.15) is 12.7 Å². The van der Waals surface area contributed by atoms with Gasteiger partial charge < -0.3 is 28.8 Å². The zero-order chi connectivity index (χ0) is 35.2. The molecule has 5 rings (SSSR count). The highest BCUT2D eigenvalue weighted by molar-refractivity contribution is 5.65. The van der Waals surface area contributed by atoms with Gasteiger partial charge in [0.2, 0.25) is 5.79 Å². The Labute approximate surface area is 296 Å². The summed E-state index contributed by atoms with van der Waals surface area (Å²) in [5.74, 6) is -2.30. The normalized spacial score (nSPS) is 20.3. The Hall–Kier alpha value is -4.11. The zero-order valence-electron chi connectivity index (χ0n) is 29.3. The van der Waals surface area contributed by atoms with Crippen LogP contribution >= 0.6 is 0 Å². The minimum atomic E-state index is -1.89. The summed E-state index contributed by atoms with van der Waals surface area (Å²) in [7, 11) is 0. The van der Waals surface area contributed by atoms with Gasteiger partial charge in [0.05, 0.1) is 32.0 Å². The number of aryl methyl sites for hydroxylation is 2. The molecule has 0 spiro atoms. The summed E-state index contributed by atoms with van der Waals surface area (Å²) in [4.78, 5) is 11.8. The lowest BCUT2D eigenvalue weighted by Gasteiger charge is -2.47. The van der Waals surface area contributed by atoms with Gasteiger partial charge in [-0.2, -0.15) is 0 Å². The van der Waals surface area contributed by atoms with Crippen LogP contribution < -0.4 is 0 Å². The predicted octanol–water partition coefficient (Wildman–Crippen LogP) is 7.78. The first-order valence-corrected chi connectivity index (χ1v) is 17.5. The molecule has 7 heteroatoms. The van der Waals surface area contributed by atoms with E-state index in [4.69, 9.17) is 23.7 Å². The lowest BCUT2D eigenvalue weighted by Crippen LogP contribution is -2.58. The quantitative estimate of drug-likeness (QED) is 0.0654. The monoisotopic (exact) mass is 678 g/mol. The second kappa shape index (κ2) is 18.8. The number of carbonyl (C=O) groups excluding carboxylic acids is 1. The highest BCUT2D eigenvalue weighted by Crippen LogP contribution is 2.41. The molecule has 1 N–H and O–H groups in total. The van der Waals surface area contributed by atoms with E-state index in [2.05, 4.69) is 37.8 Å². The lowest BCUT2D eigenvalue weighted by atomic mass is 9.87. The largest absolute Gasteiger partial charge is 0.463 e. The topological polar surface area (TPSA) is 83.5 Å². The van der Waals surface area contributed by atoms with Crippen molar-refractivity contribution >= 4 is 5.97 Å². The molecular formula is C43H50O7. The fourth-order valence-corrected chi connectivity index (χ4v) is 6.29. The Morgan fingerprint density at radius 1 is 0.880 bits per heavy atom. The molecule has 0 radical (unpaired) electrons. The van der Waals surface area contributed by atoms with Gasteiger partial charge in [-0.05, 0) is 72.1 Å². The molecule has 0 aliphatic carbocycles. The first kappa shape index (κ1) is 37.2. The maximum absolute atomic E-state index is 12.7. The van der Waals surface area contributed by atoms with Crippen molar-refractivity contribution in [2.75, 3.05) is 19.8 Å². The Morgan fingerprint density at radius 3 is 2.20 bits per heavy atom. The third-order valence-corrected chi connectivity index (χ3v) is 9.04. The van der Waals surface area contributed by atoms with E-state index < -0.39 is 30.1 Å². The summed E-state index contributed by atoms with van der Waals surface area (Å²) < 4.78 is 30.4. The van der Waals surface area contributed by atoms with Crippen molar-refractivity contribution in [3.8, 4) is 0 Å². The van der Waals surface area contributed by atoms with Crippen LogP contribution in [0.5, 0.6) is 0 Å². The lowest BCUT2D eigenvalue weighted by molar-refractivity contribution is -0.350. The third kappa shape index (κ3) is 10.7. The van der Waals surface area contributed by atoms with Gasteiger partial charge in [-0.15, -0.1) is 6.58 Å². The van der Waals surface area contributed by atoms with E-state index in [9.17, 15) is 9.90 Å². The van der Waals surface area contributed by atoms with E-state index >= 15 is 0 Å². The average molecular weight is 679 g/mol. The second-order valence-corrected chi connectivity index (χ2v) is 13.0. The Kier molecular flexibility index (Phi) is 13.9. The number of carbonyl (C=O) groups is 1. The van der Waals surface area contributed by atoms with E-state index in [1.54, 1.807) is 6.08 Å². The second-order valence-electron chi connectivity index (χ2n) is 13.0. The fraction of sp³-hybridized carbons (Fsp3) is 0.372. The summed E-state index contributed by atoms with van der Waals surface area (Å²) in [5, 5.41) is 12.7. The van der Waals surface area contributed by atoms with Gasteiger partial charge in [-0.3, -0.25) is 4.79 Å². The van der Waals surface area contributed by atoms with Crippen LogP contribution in [0.2, 0.25) is 0 Å². The molecule has 4 aromatic carbocycles. The molecular weight excluding hydrogens is 628 g/mol. The molecule has 1 heterocycles. The van der Waals surface area contributed by atoms with Gasteiger partial charge in [0.25, 0.3) is 0 Å². The van der Waals surface area contributed by atoms with Crippen LogP contribution in [0.25, 0.3) is 0 Å². The Bertz CT molecular complexity index is 1620. The van der Waals surface area contributed by atoms with E-state index in [0.717, 1.165) is 48.1 Å². The third-order valence-electron chi connectivity index (χ3n) is 9.04. The van der Waals surface area contributed by atoms with Crippen molar-refractivity contribution in [1.82, 2.24) is 0 Å². The maximum atomic E-state index is 12.7. The van der Waals surface area contributed by atoms with Crippen LogP contribution in [0.1, 0.15) is 65.1 Å². The van der Waals surface area contributed by atoms with Crippen molar-refractivity contribution in [2.24, 2.45) is 0 Å². The SMILES string of the molecule is C=CCOCCCCc1ccc(Cc2cc([C@]3(O)O[C@H](COC(C)=O)C[C@H](OCc4ccccc4)[C@H]3OCc3ccccc3)ccc2C)cc1. The summed E-state index contributed by atoms with van der Waals surface area (Å²) in [6.45, 7) is 9.04. The van der Waals surface area contributed by atoms with Gasteiger partial charge in [0, 0.05) is 25.5 Å². The molecule has 1 fully saturated rings. The fourth-order valence-electron chi connectivity index (χ4n) is 6.29. The van der Waals surface area contributed by atoms with Crippen LogP contribution in [-0.4, -0.2) is 49.2 Å². The molecule has 7 nitrogen and oxygen atoms in total. The van der Waals surface area contributed by atoms with E-state index in [0.29, 0.717) is 31.6 Å². The zero-order valence-corrected chi connectivity index (χ0v) is 29.3. The molecule has 1 aliphatic rings. The van der Waals surface area contributed by atoms with Crippen molar-refractivity contribution in [3.05, 3.63) is 155 Å². The van der Waals surface area contributed by atoms with Crippen LogP contribution in [0, 0.1) is 6.92 Å². The Morgan fingerprint density at radius 2 is 1.54 bits per heavy atom. The Balaban J connectivity index is 1.39. The highest BCUT2D eigenvalue weighted by atomic mass is 16.7. The summed E-state index contributed by atoms with van der Waals surface area (Å²) in [6.07, 6.45) is 3.86. The van der Waals surface area contributed by atoms with Crippen LogP contribution in [0.3, 0.4) is 0 Å². The minimum Gasteiger partial charge on any atom is -0.463 e. The van der Waals surface area contributed by atoms with Gasteiger partial charge in [-0.1, -0.05) is 103 Å². The van der Waals surface area contributed by atoms with Gasteiger partial charge >= 0.3 is 5.97 Å². The molecule has 0 amide bonds. The number of unbranched alkanes of at least 4 members (excludes halogenated alkanes) is 1. The molecule has 4 atom stereocenters. The predicted molar refractivity (Wildman–Crippen MR) is 194 cm³/mol. The number of hydrogen-bond acceptors (Lipinski definition) is 7. The van der Waals surface area contributed by atoms with Crippen molar-refractivity contribution in [2.45, 2.75) is 83.3 Å². The molecule has 264 valence electrons. The van der Waals surface area contributed by atoms with E-state index in [1.807, 2.05) is 78.9 Å². The molecule has 0 saturated carbocycles. The average Bonchev–Trinajstić information content (AvgIpc) is 3.13. The van der Waals surface area contributed by atoms with E-state index in [1.165, 1.54) is 18.1 Å². The first-order valence-electron chi connectivity index (χ1n) is 17.5. The summed E-state index contributed by atoms with van der Waals surface area (Å²) in [5.41, 5.74) is 7.17. The van der Waals surface area contributed by atoms with Gasteiger partial charge in [-0.25, -0.2) is 0 Å². The van der Waals surface area contributed by atoms with E-state index in [-0.39, 0.29) is 13.2 Å². The van der Waals surface area contributed by atoms with Crippen LogP contribution in [0.4, 0.5) is 0 Å². The number of rotatable bonds is 18. The van der Waals surface area contributed by atoms with Crippen molar-refractivity contribution in [1.29, 1.82) is 0 Å². The molecule has 1 saturated heterocycles. The molecule has 50 heavy (non-hydrogen) atoms. The molecule has 0 unspecified atom stereocenters. The number of hydrogen-bond donors (Lipinski definition) is 1. The highest BCUT2D eigenvalue weighted by Gasteiger charge is 2.52. The van der Waals surface area contributed by atoms with Crippen LogP contribution in [-0.2, 0) is 60.3 Å². The van der Waals surface area contributed by atoms with Gasteiger partial charge in [0.15, 0.2) is 0 Å². The van der Waals surface area contributed by atoms with Crippen molar-refractivity contribution in [3.63, 3.8) is 0 Å². The standard InChI is InChI=1S/C43H50O7/c1-4-24-46-25-12-11-13-34-19-21-35(22-20-34)26-38-27-39(23-18-32(38)2)43(45)42(49-30-37-16-9-6-10-17-37)41(28-40(50-43)31-47-33(3)44)48-29-36-14-7-5-8-15-36/h4-10,14-23,27,40-42,45H,1,11-13,24-26,28-31H2,2-3H3/t40-,41-,42+,43-/m0/s1. The molecule has 1 aliphatic heterocycles. The number of benzene rings is 4. The van der Waals surface area contributed by atoms with Crippen molar-refractivity contribution < 1.29 is 33.6 Å².